The highest BCUT2D eigenvalue weighted by molar-refractivity contribution is 6.03. The molecule has 0 saturated heterocycles. The fourth-order valence-corrected chi connectivity index (χ4v) is 1.45. The first-order valence-corrected chi connectivity index (χ1v) is 5.55. The molecule has 8 nitrogen and oxygen atoms in total. The molecule has 0 atom stereocenters. The number of oxime groups is 1. The van der Waals surface area contributed by atoms with Gasteiger partial charge in [-0.3, -0.25) is 9.59 Å². The molecular formula is C12H11N5O3. The first-order chi connectivity index (χ1) is 9.60. The van der Waals surface area contributed by atoms with Gasteiger partial charge in [-0.05, 0) is 30.3 Å². The molecule has 0 aliphatic carbocycles. The van der Waals surface area contributed by atoms with Crippen molar-refractivity contribution in [2.45, 2.75) is 0 Å². The third-order valence-electron chi connectivity index (χ3n) is 2.46. The number of amidine groups is 1. The molecule has 2 aromatic rings. The Morgan fingerprint density at radius 1 is 1.25 bits per heavy atom. The van der Waals surface area contributed by atoms with Crippen molar-refractivity contribution in [2.75, 3.05) is 5.32 Å². The highest BCUT2D eigenvalue weighted by Crippen LogP contribution is 2.10. The number of carbonyl (C=O) groups is 1. The van der Waals surface area contributed by atoms with Crippen molar-refractivity contribution in [2.24, 2.45) is 10.9 Å². The van der Waals surface area contributed by atoms with Gasteiger partial charge in [0.25, 0.3) is 11.5 Å². The SMILES string of the molecule is N/C(=N/O)c1ccc(NC(=O)c2ccc(=O)[nH]n2)cc1. The van der Waals surface area contributed by atoms with E-state index in [1.54, 1.807) is 24.3 Å². The second-order valence-corrected chi connectivity index (χ2v) is 3.82. The monoisotopic (exact) mass is 273 g/mol. The second kappa shape index (κ2) is 5.65. The number of aromatic nitrogens is 2. The highest BCUT2D eigenvalue weighted by Gasteiger charge is 2.08. The molecule has 1 aromatic carbocycles. The summed E-state index contributed by atoms with van der Waals surface area (Å²) in [4.78, 5) is 22.7. The van der Waals surface area contributed by atoms with Crippen LogP contribution in [-0.2, 0) is 0 Å². The fourth-order valence-electron chi connectivity index (χ4n) is 1.45. The zero-order valence-electron chi connectivity index (χ0n) is 10.2. The Bertz CT molecular complexity index is 685. The molecular weight excluding hydrogens is 262 g/mol. The predicted molar refractivity (Wildman–Crippen MR) is 71.8 cm³/mol. The number of carbonyl (C=O) groups excluding carboxylic acids is 1. The van der Waals surface area contributed by atoms with Gasteiger partial charge in [0, 0.05) is 17.3 Å². The maximum absolute atomic E-state index is 11.8. The summed E-state index contributed by atoms with van der Waals surface area (Å²) in [5, 5.41) is 19.8. The number of benzene rings is 1. The number of aromatic amines is 1. The van der Waals surface area contributed by atoms with E-state index >= 15 is 0 Å². The third kappa shape index (κ3) is 2.99. The maximum atomic E-state index is 11.8. The molecule has 20 heavy (non-hydrogen) atoms. The smallest absolute Gasteiger partial charge is 0.276 e. The van der Waals surface area contributed by atoms with Crippen molar-refractivity contribution in [3.8, 4) is 0 Å². The van der Waals surface area contributed by atoms with E-state index in [-0.39, 0.29) is 17.1 Å². The van der Waals surface area contributed by atoms with Gasteiger partial charge in [0.05, 0.1) is 0 Å². The maximum Gasteiger partial charge on any atom is 0.276 e. The summed E-state index contributed by atoms with van der Waals surface area (Å²) in [7, 11) is 0. The van der Waals surface area contributed by atoms with Crippen molar-refractivity contribution in [3.63, 3.8) is 0 Å². The van der Waals surface area contributed by atoms with Gasteiger partial charge in [-0.15, -0.1) is 0 Å². The molecule has 2 rings (SSSR count). The van der Waals surface area contributed by atoms with Crippen LogP contribution < -0.4 is 16.6 Å². The molecule has 5 N–H and O–H groups in total. The van der Waals surface area contributed by atoms with Crippen LogP contribution in [-0.4, -0.2) is 27.1 Å². The van der Waals surface area contributed by atoms with Crippen LogP contribution in [0.5, 0.6) is 0 Å². The predicted octanol–water partition coefficient (Wildman–Crippen LogP) is 0.117. The number of anilines is 1. The van der Waals surface area contributed by atoms with Crippen molar-refractivity contribution < 1.29 is 10.0 Å². The molecule has 102 valence electrons. The van der Waals surface area contributed by atoms with Crippen LogP contribution in [0.4, 0.5) is 5.69 Å². The molecule has 0 radical (unpaired) electrons. The summed E-state index contributed by atoms with van der Waals surface area (Å²) in [6.45, 7) is 0. The van der Waals surface area contributed by atoms with E-state index in [0.29, 0.717) is 11.3 Å². The highest BCUT2D eigenvalue weighted by atomic mass is 16.4. The van der Waals surface area contributed by atoms with Gasteiger partial charge in [-0.1, -0.05) is 5.16 Å². The van der Waals surface area contributed by atoms with Gasteiger partial charge in [-0.25, -0.2) is 5.10 Å². The molecule has 0 spiro atoms. The Hall–Kier alpha value is -3.16. The lowest BCUT2D eigenvalue weighted by molar-refractivity contribution is 0.102. The van der Waals surface area contributed by atoms with Crippen LogP contribution in [0.15, 0.2) is 46.3 Å². The summed E-state index contributed by atoms with van der Waals surface area (Å²) >= 11 is 0. The Balaban J connectivity index is 2.12. The average molecular weight is 273 g/mol. The molecule has 1 aromatic heterocycles. The van der Waals surface area contributed by atoms with E-state index in [2.05, 4.69) is 20.7 Å². The normalized spacial score (nSPS) is 11.1. The van der Waals surface area contributed by atoms with E-state index in [1.807, 2.05) is 0 Å². The van der Waals surface area contributed by atoms with Gasteiger partial charge in [0.15, 0.2) is 5.84 Å². The molecule has 0 saturated carbocycles. The number of nitrogens with zero attached hydrogens (tertiary/aromatic N) is 2. The van der Waals surface area contributed by atoms with Crippen LogP contribution >= 0.6 is 0 Å². The number of amides is 1. The van der Waals surface area contributed by atoms with E-state index in [0.717, 1.165) is 0 Å². The van der Waals surface area contributed by atoms with Crippen molar-refractivity contribution >= 4 is 17.4 Å². The third-order valence-corrected chi connectivity index (χ3v) is 2.46. The van der Waals surface area contributed by atoms with Gasteiger partial charge in [0.2, 0.25) is 0 Å². The average Bonchev–Trinajstić information content (AvgIpc) is 2.48. The number of hydrogen-bond acceptors (Lipinski definition) is 5. The van der Waals surface area contributed by atoms with Gasteiger partial charge >= 0.3 is 0 Å². The first kappa shape index (κ1) is 13.3. The Morgan fingerprint density at radius 2 is 1.95 bits per heavy atom. The summed E-state index contributed by atoms with van der Waals surface area (Å²) < 4.78 is 0. The number of nitrogens with two attached hydrogens (primary N) is 1. The quantitative estimate of drug-likeness (QED) is 0.273. The minimum atomic E-state index is -0.460. The summed E-state index contributed by atoms with van der Waals surface area (Å²) in [5.41, 5.74) is 6.16. The number of H-pyrrole nitrogens is 1. The van der Waals surface area contributed by atoms with Gasteiger partial charge in [0.1, 0.15) is 5.69 Å². The van der Waals surface area contributed by atoms with Crippen LogP contribution in [0.2, 0.25) is 0 Å². The lowest BCUT2D eigenvalue weighted by Gasteiger charge is -2.05. The minimum Gasteiger partial charge on any atom is -0.409 e. The summed E-state index contributed by atoms with van der Waals surface area (Å²) in [6, 6.07) is 8.90. The minimum absolute atomic E-state index is 0.0230. The molecule has 1 amide bonds. The Labute approximate surface area is 112 Å². The molecule has 8 heteroatoms. The topological polar surface area (TPSA) is 133 Å². The molecule has 0 fully saturated rings. The molecule has 0 bridgehead atoms. The van der Waals surface area contributed by atoms with Crippen molar-refractivity contribution in [1.82, 2.24) is 10.2 Å². The van der Waals surface area contributed by atoms with E-state index in [9.17, 15) is 9.59 Å². The fraction of sp³-hybridized carbons (Fsp3) is 0. The van der Waals surface area contributed by atoms with E-state index in [4.69, 9.17) is 10.9 Å². The Kier molecular flexibility index (Phi) is 3.75. The van der Waals surface area contributed by atoms with Gasteiger partial charge < -0.3 is 16.3 Å². The zero-order chi connectivity index (χ0) is 14.5. The lowest BCUT2D eigenvalue weighted by atomic mass is 10.2. The van der Waals surface area contributed by atoms with Crippen LogP contribution in [0.1, 0.15) is 16.1 Å². The number of hydrogen-bond donors (Lipinski definition) is 4. The van der Waals surface area contributed by atoms with E-state index in [1.165, 1.54) is 12.1 Å². The largest absolute Gasteiger partial charge is 0.409 e. The van der Waals surface area contributed by atoms with Crippen LogP contribution in [0.25, 0.3) is 0 Å². The molecule has 1 heterocycles. The number of nitrogens with one attached hydrogen (secondary N) is 2. The van der Waals surface area contributed by atoms with Gasteiger partial charge in [-0.2, -0.15) is 5.10 Å². The molecule has 0 aliphatic heterocycles. The van der Waals surface area contributed by atoms with Crippen LogP contribution in [0, 0.1) is 0 Å². The van der Waals surface area contributed by atoms with Crippen molar-refractivity contribution in [1.29, 1.82) is 0 Å². The second-order valence-electron chi connectivity index (χ2n) is 3.82. The number of rotatable bonds is 3. The van der Waals surface area contributed by atoms with E-state index < -0.39 is 5.91 Å². The molecule has 0 aliphatic rings. The summed E-state index contributed by atoms with van der Waals surface area (Å²) in [6.07, 6.45) is 0. The Morgan fingerprint density at radius 3 is 2.50 bits per heavy atom. The zero-order valence-corrected chi connectivity index (χ0v) is 10.2. The standard InChI is InChI=1S/C12H11N5O3/c13-11(17-20)7-1-3-8(4-2-7)14-12(19)9-5-6-10(18)16-15-9/h1-6,20H,(H2,13,17)(H,14,19)(H,16,18). The first-order valence-electron chi connectivity index (χ1n) is 5.55. The molecule has 0 unspecified atom stereocenters. The van der Waals surface area contributed by atoms with Crippen LogP contribution in [0.3, 0.4) is 0 Å². The van der Waals surface area contributed by atoms with Crippen molar-refractivity contribution in [3.05, 3.63) is 58.0 Å². The lowest BCUT2D eigenvalue weighted by Crippen LogP contribution is -2.17. The summed E-state index contributed by atoms with van der Waals surface area (Å²) in [5.74, 6) is -0.483.